The highest BCUT2D eigenvalue weighted by molar-refractivity contribution is 5.71. The second-order valence-corrected chi connectivity index (χ2v) is 17.1. The van der Waals surface area contributed by atoms with E-state index in [1.54, 1.807) is 0 Å². The minimum Gasteiger partial charge on any atom is -0.462 e. The van der Waals surface area contributed by atoms with Gasteiger partial charge in [0.1, 0.15) is 13.2 Å². The summed E-state index contributed by atoms with van der Waals surface area (Å²) < 4.78 is 16.7. The van der Waals surface area contributed by atoms with Crippen LogP contribution in [-0.4, -0.2) is 37.2 Å². The lowest BCUT2D eigenvalue weighted by atomic mass is 10.1. The van der Waals surface area contributed by atoms with Crippen LogP contribution in [0, 0.1) is 0 Å². The number of unbranched alkanes of at least 4 members (excludes halogenated alkanes) is 11. The minimum absolute atomic E-state index is 0.142. The molecule has 0 bridgehead atoms. The van der Waals surface area contributed by atoms with E-state index in [1.807, 2.05) is 12.2 Å². The summed E-state index contributed by atoms with van der Waals surface area (Å²) in [6.07, 6.45) is 81.0. The lowest BCUT2D eigenvalue weighted by molar-refractivity contribution is -0.166. The Kier molecular flexibility index (Phi) is 51.6. The molecule has 6 nitrogen and oxygen atoms in total. The van der Waals surface area contributed by atoms with Crippen LogP contribution in [0.5, 0.6) is 0 Å². The largest absolute Gasteiger partial charge is 0.462 e. The zero-order valence-electron chi connectivity index (χ0n) is 43.8. The Labute approximate surface area is 422 Å². The van der Waals surface area contributed by atoms with Crippen molar-refractivity contribution >= 4 is 17.9 Å². The van der Waals surface area contributed by atoms with Crippen molar-refractivity contribution in [1.29, 1.82) is 0 Å². The number of ether oxygens (including phenoxy) is 3. The van der Waals surface area contributed by atoms with E-state index in [1.165, 1.54) is 32.1 Å². The van der Waals surface area contributed by atoms with Gasteiger partial charge in [0, 0.05) is 19.3 Å². The number of esters is 3. The van der Waals surface area contributed by atoms with Gasteiger partial charge in [-0.15, -0.1) is 0 Å². The van der Waals surface area contributed by atoms with Gasteiger partial charge in [0.15, 0.2) is 6.10 Å². The van der Waals surface area contributed by atoms with Gasteiger partial charge in [-0.25, -0.2) is 0 Å². The number of hydrogen-bond donors (Lipinski definition) is 0. The van der Waals surface area contributed by atoms with E-state index < -0.39 is 12.1 Å². The van der Waals surface area contributed by atoms with E-state index in [0.717, 1.165) is 116 Å². The zero-order valence-corrected chi connectivity index (χ0v) is 43.8. The van der Waals surface area contributed by atoms with Crippen molar-refractivity contribution in [3.8, 4) is 0 Å². The predicted molar refractivity (Wildman–Crippen MR) is 297 cm³/mol. The van der Waals surface area contributed by atoms with Gasteiger partial charge in [-0.3, -0.25) is 14.4 Å². The quantitative estimate of drug-likeness (QED) is 0.0199. The van der Waals surface area contributed by atoms with Crippen molar-refractivity contribution < 1.29 is 28.6 Å². The molecule has 0 aromatic heterocycles. The third-order valence-corrected chi connectivity index (χ3v) is 10.6. The first kappa shape index (κ1) is 64.0. The van der Waals surface area contributed by atoms with Crippen molar-refractivity contribution in [3.05, 3.63) is 158 Å². The summed E-state index contributed by atoms with van der Waals surface area (Å²) in [5.74, 6) is -1.12. The fourth-order valence-corrected chi connectivity index (χ4v) is 6.59. The fraction of sp³-hybridized carbons (Fsp3) is 0.540. The first-order valence-corrected chi connectivity index (χ1v) is 27.0. The van der Waals surface area contributed by atoms with Crippen molar-refractivity contribution in [2.75, 3.05) is 13.2 Å². The van der Waals surface area contributed by atoms with E-state index in [2.05, 4.69) is 167 Å². The lowest BCUT2D eigenvalue weighted by Crippen LogP contribution is -2.30. The van der Waals surface area contributed by atoms with Crippen molar-refractivity contribution in [2.24, 2.45) is 0 Å². The SMILES string of the molecule is CC/C=C\C/C=C\C/C=C\C/C=C\C/C=C\CCCC(=O)OC(COC(=O)CC/C=C\C/C=C\C/C=C\C/C=C\C/C=C\CC)COC(=O)CCCCCCC\C=C/C=C\C=C/CCCCCCC. The average molecular weight is 949 g/mol. The van der Waals surface area contributed by atoms with E-state index in [4.69, 9.17) is 14.2 Å². The van der Waals surface area contributed by atoms with Gasteiger partial charge in [-0.1, -0.05) is 224 Å². The summed E-state index contributed by atoms with van der Waals surface area (Å²) in [5.41, 5.74) is 0. The first-order valence-electron chi connectivity index (χ1n) is 27.0. The van der Waals surface area contributed by atoms with Crippen LogP contribution >= 0.6 is 0 Å². The van der Waals surface area contributed by atoms with Gasteiger partial charge in [-0.2, -0.15) is 0 Å². The Morgan fingerprint density at radius 1 is 0.319 bits per heavy atom. The molecule has 1 unspecified atom stereocenters. The van der Waals surface area contributed by atoms with E-state index in [-0.39, 0.29) is 38.0 Å². The molecule has 0 rings (SSSR count). The lowest BCUT2D eigenvalue weighted by Gasteiger charge is -2.18. The molecule has 0 fully saturated rings. The molecule has 384 valence electrons. The van der Waals surface area contributed by atoms with Crippen LogP contribution in [-0.2, 0) is 28.6 Å². The summed E-state index contributed by atoms with van der Waals surface area (Å²) in [6.45, 7) is 6.24. The monoisotopic (exact) mass is 949 g/mol. The van der Waals surface area contributed by atoms with Crippen LogP contribution in [0.4, 0.5) is 0 Å². The molecule has 0 aromatic rings. The Balaban J connectivity index is 4.66. The van der Waals surface area contributed by atoms with E-state index in [9.17, 15) is 14.4 Å². The Bertz CT molecular complexity index is 1610. The smallest absolute Gasteiger partial charge is 0.306 e. The third-order valence-electron chi connectivity index (χ3n) is 10.6. The molecule has 0 heterocycles. The number of allylic oxidation sites excluding steroid dienone is 26. The van der Waals surface area contributed by atoms with Gasteiger partial charge in [0.2, 0.25) is 0 Å². The molecule has 0 spiro atoms. The van der Waals surface area contributed by atoms with Gasteiger partial charge in [0.25, 0.3) is 0 Å². The van der Waals surface area contributed by atoms with Crippen LogP contribution in [0.15, 0.2) is 158 Å². The topological polar surface area (TPSA) is 78.9 Å². The molecule has 0 radical (unpaired) electrons. The highest BCUT2D eigenvalue weighted by Gasteiger charge is 2.19. The molecule has 6 heteroatoms. The predicted octanol–water partition coefficient (Wildman–Crippen LogP) is 18.2. The van der Waals surface area contributed by atoms with Crippen LogP contribution in [0.1, 0.15) is 201 Å². The molecule has 0 amide bonds. The summed E-state index contributed by atoms with van der Waals surface area (Å²) in [6, 6.07) is 0. The normalized spacial score (nSPS) is 13.4. The standard InChI is InChI=1S/C63H96O6/c1-4-7-10-13-16-19-22-25-28-31-33-35-38-41-44-47-50-53-56-62(65)68-59-60(58-67-61(64)55-52-49-46-43-40-37-34-30-27-24-21-18-15-12-9-6-3)69-63(66)57-54-51-48-45-42-39-36-32-29-26-23-20-17-14-11-8-5-2/h8-9,11-12,17-18,20-22,25-31,33,35-37,39-40,45-46,48-49,60H,4-7,10,13-16,19,23-24,32,34,38,41-44,47,50-59H2,1-3H3/b11-8-,12-9-,20-17-,21-18-,25-22-,29-26-,30-27-,31-28-,35-33-,39-36-,40-37-,48-45-,49-46-. The number of hydrogen-bond acceptors (Lipinski definition) is 6. The maximum absolute atomic E-state index is 12.8. The number of rotatable bonds is 46. The number of carbonyl (C=O) groups excluding carboxylic acids is 3. The van der Waals surface area contributed by atoms with Gasteiger partial charge >= 0.3 is 17.9 Å². The van der Waals surface area contributed by atoms with Crippen molar-refractivity contribution in [1.82, 2.24) is 0 Å². The molecule has 0 saturated heterocycles. The van der Waals surface area contributed by atoms with Crippen LogP contribution in [0.25, 0.3) is 0 Å². The van der Waals surface area contributed by atoms with E-state index >= 15 is 0 Å². The molecule has 0 aromatic carbocycles. The van der Waals surface area contributed by atoms with Crippen molar-refractivity contribution in [2.45, 2.75) is 207 Å². The van der Waals surface area contributed by atoms with Crippen LogP contribution < -0.4 is 0 Å². The summed E-state index contributed by atoms with van der Waals surface area (Å²) in [4.78, 5) is 38.0. The highest BCUT2D eigenvalue weighted by atomic mass is 16.6. The molecular weight excluding hydrogens is 853 g/mol. The molecule has 0 N–H and O–H groups in total. The molecule has 0 aliphatic heterocycles. The Hall–Kier alpha value is -4.97. The third kappa shape index (κ3) is 53.8. The van der Waals surface area contributed by atoms with Crippen LogP contribution in [0.2, 0.25) is 0 Å². The highest BCUT2D eigenvalue weighted by Crippen LogP contribution is 2.11. The average Bonchev–Trinajstić information content (AvgIpc) is 3.35. The first-order chi connectivity index (χ1) is 34.0. The maximum atomic E-state index is 12.8. The summed E-state index contributed by atoms with van der Waals surface area (Å²) in [5, 5.41) is 0. The minimum atomic E-state index is -0.855. The molecule has 69 heavy (non-hydrogen) atoms. The maximum Gasteiger partial charge on any atom is 0.306 e. The van der Waals surface area contributed by atoms with Gasteiger partial charge in [-0.05, 0) is 116 Å². The summed E-state index contributed by atoms with van der Waals surface area (Å²) >= 11 is 0. The molecule has 0 saturated carbocycles. The molecular formula is C63H96O6. The number of carbonyl (C=O) groups is 3. The fourth-order valence-electron chi connectivity index (χ4n) is 6.59. The molecule has 0 aliphatic carbocycles. The van der Waals surface area contributed by atoms with Gasteiger partial charge < -0.3 is 14.2 Å². The van der Waals surface area contributed by atoms with E-state index in [0.29, 0.717) is 19.3 Å². The van der Waals surface area contributed by atoms with Gasteiger partial charge in [0.05, 0.1) is 0 Å². The zero-order chi connectivity index (χ0) is 50.0. The Morgan fingerprint density at radius 3 is 1.12 bits per heavy atom. The molecule has 0 aliphatic rings. The second kappa shape index (κ2) is 55.6. The molecule has 1 atom stereocenters. The summed E-state index contributed by atoms with van der Waals surface area (Å²) in [7, 11) is 0. The Morgan fingerprint density at radius 2 is 0.667 bits per heavy atom. The van der Waals surface area contributed by atoms with Crippen LogP contribution in [0.3, 0.4) is 0 Å². The second-order valence-electron chi connectivity index (χ2n) is 17.1. The van der Waals surface area contributed by atoms with Crippen molar-refractivity contribution in [3.63, 3.8) is 0 Å².